The molecule has 9 nitrogen and oxygen atoms in total. The summed E-state index contributed by atoms with van der Waals surface area (Å²) in [4.78, 5) is 33.3. The minimum Gasteiger partial charge on any atom is -0.463 e. The highest BCUT2D eigenvalue weighted by Crippen LogP contribution is 2.42. The number of nitrogens with one attached hydrogen (secondary N) is 1. The summed E-state index contributed by atoms with van der Waals surface area (Å²) < 4.78 is 26.4. The van der Waals surface area contributed by atoms with Crippen LogP contribution in [0.25, 0.3) is 0 Å². The molecule has 43 heavy (non-hydrogen) atoms. The summed E-state index contributed by atoms with van der Waals surface area (Å²) in [6.45, 7) is 3.31. The van der Waals surface area contributed by atoms with Gasteiger partial charge in [-0.3, -0.25) is 18.6 Å². The molecule has 0 saturated carbocycles. The van der Waals surface area contributed by atoms with Gasteiger partial charge in [0.25, 0.3) is 0 Å². The van der Waals surface area contributed by atoms with Crippen molar-refractivity contribution in [3.8, 4) is 0 Å². The van der Waals surface area contributed by atoms with Crippen molar-refractivity contribution in [2.75, 3.05) is 26.4 Å². The quantitative estimate of drug-likeness (QED) is 0.0334. The number of phosphoric ester groups is 1. The van der Waals surface area contributed by atoms with E-state index in [2.05, 4.69) is 67.8 Å². The molecular weight excluding hydrogens is 569 g/mol. The first-order chi connectivity index (χ1) is 20.8. The topological polar surface area (TPSA) is 131 Å². The SMILES string of the molecule is CCCCC/C=C\C/C=C\C/C=C\C/C=C\CCCC(=O)NCCOP(=O)(O)OCC(O)COC(=O)CCCCCCC. The van der Waals surface area contributed by atoms with Gasteiger partial charge in [-0.25, -0.2) is 4.57 Å². The molecule has 0 fully saturated rings. The second-order valence-corrected chi connectivity index (χ2v) is 11.9. The Morgan fingerprint density at radius 3 is 1.91 bits per heavy atom. The van der Waals surface area contributed by atoms with Crippen molar-refractivity contribution >= 4 is 19.7 Å². The number of hydrogen-bond donors (Lipinski definition) is 3. The number of ether oxygens (including phenoxy) is 1. The van der Waals surface area contributed by atoms with Gasteiger partial charge in [-0.05, 0) is 51.4 Å². The first kappa shape index (κ1) is 41.0. The zero-order chi connectivity index (χ0) is 31.9. The van der Waals surface area contributed by atoms with Gasteiger partial charge < -0.3 is 20.1 Å². The maximum atomic E-state index is 11.9. The number of aliphatic hydroxyl groups excluding tert-OH is 1. The molecule has 248 valence electrons. The third-order valence-electron chi connectivity index (χ3n) is 6.26. The van der Waals surface area contributed by atoms with Crippen molar-refractivity contribution in [2.24, 2.45) is 0 Å². The minimum absolute atomic E-state index is 0.0511. The van der Waals surface area contributed by atoms with Gasteiger partial charge in [-0.15, -0.1) is 0 Å². The van der Waals surface area contributed by atoms with Crippen LogP contribution in [0.5, 0.6) is 0 Å². The summed E-state index contributed by atoms with van der Waals surface area (Å²) in [5.74, 6) is -0.593. The summed E-state index contributed by atoms with van der Waals surface area (Å²) in [7, 11) is -4.41. The average molecular weight is 628 g/mol. The lowest BCUT2D eigenvalue weighted by molar-refractivity contribution is -0.147. The molecule has 0 aromatic carbocycles. The van der Waals surface area contributed by atoms with Gasteiger partial charge in [0.05, 0.1) is 13.2 Å². The Morgan fingerprint density at radius 1 is 0.721 bits per heavy atom. The molecule has 0 bridgehead atoms. The van der Waals surface area contributed by atoms with Gasteiger partial charge in [0.2, 0.25) is 5.91 Å². The molecule has 1 amide bonds. The summed E-state index contributed by atoms with van der Waals surface area (Å²) in [6.07, 6.45) is 30.9. The summed E-state index contributed by atoms with van der Waals surface area (Å²) in [5, 5.41) is 12.5. The van der Waals surface area contributed by atoms with Gasteiger partial charge in [-0.2, -0.15) is 0 Å². The number of rotatable bonds is 29. The maximum absolute atomic E-state index is 11.9. The second kappa shape index (κ2) is 30.0. The number of aliphatic hydroxyl groups is 1. The smallest absolute Gasteiger partial charge is 0.463 e. The predicted octanol–water partition coefficient (Wildman–Crippen LogP) is 7.65. The molecule has 0 aliphatic heterocycles. The van der Waals surface area contributed by atoms with Crippen LogP contribution in [0.3, 0.4) is 0 Å². The fourth-order valence-corrected chi connectivity index (χ4v) is 4.54. The number of amides is 1. The van der Waals surface area contributed by atoms with E-state index in [0.29, 0.717) is 12.8 Å². The highest BCUT2D eigenvalue weighted by molar-refractivity contribution is 7.47. The Labute approximate surface area is 260 Å². The Balaban J connectivity index is 3.75. The largest absolute Gasteiger partial charge is 0.472 e. The van der Waals surface area contributed by atoms with Crippen LogP contribution in [0.15, 0.2) is 48.6 Å². The van der Waals surface area contributed by atoms with Crippen molar-refractivity contribution < 1.29 is 37.9 Å². The van der Waals surface area contributed by atoms with Crippen LogP contribution in [-0.4, -0.2) is 54.3 Å². The Morgan fingerprint density at radius 2 is 1.28 bits per heavy atom. The number of carbonyl (C=O) groups is 2. The number of phosphoric acid groups is 1. The summed E-state index contributed by atoms with van der Waals surface area (Å²) in [5.41, 5.74) is 0. The zero-order valence-electron chi connectivity index (χ0n) is 26.6. The van der Waals surface area contributed by atoms with Gasteiger partial charge in [-0.1, -0.05) is 101 Å². The molecule has 0 aromatic rings. The number of allylic oxidation sites excluding steroid dienone is 8. The van der Waals surface area contributed by atoms with Gasteiger partial charge in [0.15, 0.2) is 0 Å². The first-order valence-electron chi connectivity index (χ1n) is 16.1. The van der Waals surface area contributed by atoms with Crippen LogP contribution in [0.1, 0.15) is 117 Å². The standard InChI is InChI=1S/C33H58NO8P/c1-3-5-7-9-10-11-12-13-14-15-16-17-18-19-20-22-23-25-32(36)34-27-28-41-43(38,39)42-30-31(35)29-40-33(37)26-24-21-8-6-4-2/h10-11,13-14,16-17,19-20,31,35H,3-9,12,15,18,21-30H2,1-2H3,(H,34,36)(H,38,39)/b11-10-,14-13-,17-16-,20-19-. The van der Waals surface area contributed by atoms with E-state index in [1.54, 1.807) is 0 Å². The Bertz CT molecular complexity index is 856. The van der Waals surface area contributed by atoms with Crippen LogP contribution < -0.4 is 5.32 Å². The normalized spacial score (nSPS) is 14.2. The van der Waals surface area contributed by atoms with E-state index in [-0.39, 0.29) is 32.1 Å². The monoisotopic (exact) mass is 627 g/mol. The van der Waals surface area contributed by atoms with Crippen LogP contribution >= 0.6 is 7.82 Å². The molecule has 0 aliphatic carbocycles. The van der Waals surface area contributed by atoms with Crippen molar-refractivity contribution in [2.45, 2.75) is 123 Å². The molecule has 0 spiro atoms. The summed E-state index contributed by atoms with van der Waals surface area (Å²) >= 11 is 0. The van der Waals surface area contributed by atoms with E-state index in [9.17, 15) is 24.2 Å². The number of hydrogen-bond acceptors (Lipinski definition) is 7. The van der Waals surface area contributed by atoms with Gasteiger partial charge >= 0.3 is 13.8 Å². The number of carbonyl (C=O) groups excluding carboxylic acids is 2. The van der Waals surface area contributed by atoms with Gasteiger partial charge in [0, 0.05) is 19.4 Å². The van der Waals surface area contributed by atoms with Crippen molar-refractivity contribution in [1.29, 1.82) is 0 Å². The first-order valence-corrected chi connectivity index (χ1v) is 17.6. The van der Waals surface area contributed by atoms with Crippen molar-refractivity contribution in [3.05, 3.63) is 48.6 Å². The van der Waals surface area contributed by atoms with E-state index in [1.165, 1.54) is 25.7 Å². The lowest BCUT2D eigenvalue weighted by atomic mass is 10.1. The second-order valence-electron chi connectivity index (χ2n) is 10.4. The van der Waals surface area contributed by atoms with Crippen LogP contribution in [-0.2, 0) is 27.9 Å². The molecule has 3 N–H and O–H groups in total. The molecule has 2 atom stereocenters. The molecule has 0 heterocycles. The molecule has 0 aliphatic rings. The maximum Gasteiger partial charge on any atom is 0.472 e. The molecule has 0 saturated heterocycles. The number of unbranched alkanes of at least 4 members (excludes halogenated alkanes) is 8. The number of esters is 1. The lowest BCUT2D eigenvalue weighted by Crippen LogP contribution is -2.27. The molecule has 0 rings (SSSR count). The van der Waals surface area contributed by atoms with E-state index < -0.39 is 26.5 Å². The lowest BCUT2D eigenvalue weighted by Gasteiger charge is -2.15. The highest BCUT2D eigenvalue weighted by Gasteiger charge is 2.23. The van der Waals surface area contributed by atoms with Gasteiger partial charge in [0.1, 0.15) is 12.7 Å². The predicted molar refractivity (Wildman–Crippen MR) is 173 cm³/mol. The summed E-state index contributed by atoms with van der Waals surface area (Å²) in [6, 6.07) is 0. The van der Waals surface area contributed by atoms with Crippen LogP contribution in [0.2, 0.25) is 0 Å². The Kier molecular flexibility index (Phi) is 28.6. The van der Waals surface area contributed by atoms with Crippen molar-refractivity contribution in [3.63, 3.8) is 0 Å². The highest BCUT2D eigenvalue weighted by atomic mass is 31.2. The third-order valence-corrected chi connectivity index (χ3v) is 7.25. The fraction of sp³-hybridized carbons (Fsp3) is 0.697. The average Bonchev–Trinajstić information content (AvgIpc) is 2.98. The van der Waals surface area contributed by atoms with E-state index >= 15 is 0 Å². The fourth-order valence-electron chi connectivity index (χ4n) is 3.78. The van der Waals surface area contributed by atoms with Crippen molar-refractivity contribution in [1.82, 2.24) is 5.32 Å². The van der Waals surface area contributed by atoms with E-state index in [1.807, 2.05) is 0 Å². The Hall–Kier alpha value is -2.03. The molecule has 0 radical (unpaired) electrons. The molecule has 0 aromatic heterocycles. The molecular formula is C33H58NO8P. The zero-order valence-corrected chi connectivity index (χ0v) is 27.5. The van der Waals surface area contributed by atoms with E-state index in [4.69, 9.17) is 13.8 Å². The molecule has 2 unspecified atom stereocenters. The third kappa shape index (κ3) is 31.2. The van der Waals surface area contributed by atoms with Crippen LogP contribution in [0, 0.1) is 0 Å². The van der Waals surface area contributed by atoms with Crippen LogP contribution in [0.4, 0.5) is 0 Å². The minimum atomic E-state index is -4.41. The molecule has 10 heteroatoms. The van der Waals surface area contributed by atoms with E-state index in [0.717, 1.165) is 57.8 Å².